The van der Waals surface area contributed by atoms with Gasteiger partial charge in [-0.1, -0.05) is 28.1 Å². The molecule has 1 saturated carbocycles. The summed E-state index contributed by atoms with van der Waals surface area (Å²) in [7, 11) is 0. The minimum Gasteiger partial charge on any atom is -0.353 e. The highest BCUT2D eigenvalue weighted by atomic mass is 79.9. The quantitative estimate of drug-likeness (QED) is 0.845. The molecule has 2 atom stereocenters. The Balaban J connectivity index is 1.41. The van der Waals surface area contributed by atoms with E-state index in [0.717, 1.165) is 56.2 Å². The molecule has 2 unspecified atom stereocenters. The van der Waals surface area contributed by atoms with Crippen LogP contribution in [0.25, 0.3) is 0 Å². The summed E-state index contributed by atoms with van der Waals surface area (Å²) >= 11 is 3.47. The number of piperidine rings is 1. The molecule has 0 aromatic heterocycles. The van der Waals surface area contributed by atoms with Gasteiger partial charge in [0.05, 0.1) is 0 Å². The number of halogens is 1. The molecule has 1 amide bonds. The van der Waals surface area contributed by atoms with Crippen molar-refractivity contribution in [1.82, 2.24) is 10.2 Å². The van der Waals surface area contributed by atoms with Crippen molar-refractivity contribution in [3.8, 4) is 0 Å². The molecule has 126 valence electrons. The zero-order valence-electron chi connectivity index (χ0n) is 13.5. The molecule has 2 aliphatic rings. The van der Waals surface area contributed by atoms with Crippen molar-refractivity contribution >= 4 is 21.8 Å². The number of benzene rings is 1. The van der Waals surface area contributed by atoms with Gasteiger partial charge in [0.25, 0.3) is 0 Å². The smallest absolute Gasteiger partial charge is 0.223 e. The third-order valence-corrected chi connectivity index (χ3v) is 5.63. The SMILES string of the molecule is NC1CCC(C(=O)NC2CCN(Cc3ccc(Br)cc3)CC2)C1. The molecule has 0 radical (unpaired) electrons. The van der Waals surface area contributed by atoms with Gasteiger partial charge in [-0.3, -0.25) is 9.69 Å². The van der Waals surface area contributed by atoms with E-state index < -0.39 is 0 Å². The summed E-state index contributed by atoms with van der Waals surface area (Å²) < 4.78 is 1.12. The number of amides is 1. The lowest BCUT2D eigenvalue weighted by atomic mass is 10.0. The van der Waals surface area contributed by atoms with E-state index in [-0.39, 0.29) is 17.9 Å². The van der Waals surface area contributed by atoms with E-state index in [4.69, 9.17) is 5.73 Å². The first-order valence-corrected chi connectivity index (χ1v) is 9.42. The first-order chi connectivity index (χ1) is 11.1. The fourth-order valence-electron chi connectivity index (χ4n) is 3.66. The third-order valence-electron chi connectivity index (χ3n) is 5.10. The highest BCUT2D eigenvalue weighted by Crippen LogP contribution is 2.25. The molecular formula is C18H26BrN3O. The number of nitrogens with zero attached hydrogens (tertiary/aromatic N) is 1. The molecule has 4 nitrogen and oxygen atoms in total. The van der Waals surface area contributed by atoms with E-state index >= 15 is 0 Å². The Morgan fingerprint density at radius 3 is 2.48 bits per heavy atom. The lowest BCUT2D eigenvalue weighted by Gasteiger charge is -2.33. The van der Waals surface area contributed by atoms with Crippen molar-refractivity contribution in [2.45, 2.75) is 50.7 Å². The molecule has 1 aliphatic carbocycles. The molecule has 3 rings (SSSR count). The Hall–Kier alpha value is -0.910. The molecule has 3 N–H and O–H groups in total. The maximum absolute atomic E-state index is 12.3. The Labute approximate surface area is 146 Å². The zero-order valence-corrected chi connectivity index (χ0v) is 15.1. The van der Waals surface area contributed by atoms with Crippen molar-refractivity contribution < 1.29 is 4.79 Å². The fraction of sp³-hybridized carbons (Fsp3) is 0.611. The van der Waals surface area contributed by atoms with Crippen LogP contribution in [-0.2, 0) is 11.3 Å². The third kappa shape index (κ3) is 4.78. The number of carbonyl (C=O) groups is 1. The molecule has 2 fully saturated rings. The van der Waals surface area contributed by atoms with Gasteiger partial charge in [-0.15, -0.1) is 0 Å². The summed E-state index contributed by atoms with van der Waals surface area (Å²) in [6.07, 6.45) is 4.88. The Morgan fingerprint density at radius 1 is 1.17 bits per heavy atom. The highest BCUT2D eigenvalue weighted by molar-refractivity contribution is 9.10. The van der Waals surface area contributed by atoms with E-state index in [9.17, 15) is 4.79 Å². The molecule has 0 spiro atoms. The van der Waals surface area contributed by atoms with E-state index in [2.05, 4.69) is 50.4 Å². The van der Waals surface area contributed by atoms with Gasteiger partial charge in [-0.25, -0.2) is 0 Å². The molecule has 1 aliphatic heterocycles. The van der Waals surface area contributed by atoms with Crippen LogP contribution in [0.2, 0.25) is 0 Å². The number of rotatable bonds is 4. The number of hydrogen-bond donors (Lipinski definition) is 2. The molecule has 1 heterocycles. The summed E-state index contributed by atoms with van der Waals surface area (Å²) in [5.41, 5.74) is 7.25. The number of carbonyl (C=O) groups excluding carboxylic acids is 1. The zero-order chi connectivity index (χ0) is 16.2. The van der Waals surface area contributed by atoms with Crippen molar-refractivity contribution in [1.29, 1.82) is 0 Å². The second-order valence-corrected chi connectivity index (χ2v) is 7.87. The Bertz CT molecular complexity index is 526. The predicted octanol–water partition coefficient (Wildman–Crippen LogP) is 2.66. The van der Waals surface area contributed by atoms with Crippen LogP contribution in [-0.4, -0.2) is 36.0 Å². The van der Waals surface area contributed by atoms with E-state index in [1.54, 1.807) is 0 Å². The second-order valence-electron chi connectivity index (χ2n) is 6.96. The average Bonchev–Trinajstić information content (AvgIpc) is 2.98. The molecule has 1 aromatic carbocycles. The molecular weight excluding hydrogens is 354 g/mol. The van der Waals surface area contributed by atoms with Crippen LogP contribution in [0.3, 0.4) is 0 Å². The van der Waals surface area contributed by atoms with Crippen LogP contribution in [0.15, 0.2) is 28.7 Å². The first kappa shape index (κ1) is 16.9. The first-order valence-electron chi connectivity index (χ1n) is 8.63. The van der Waals surface area contributed by atoms with Gasteiger partial charge in [0, 0.05) is 42.1 Å². The fourth-order valence-corrected chi connectivity index (χ4v) is 3.92. The molecule has 23 heavy (non-hydrogen) atoms. The number of hydrogen-bond acceptors (Lipinski definition) is 3. The van der Waals surface area contributed by atoms with Crippen LogP contribution in [0.5, 0.6) is 0 Å². The summed E-state index contributed by atoms with van der Waals surface area (Å²) in [4.78, 5) is 14.7. The standard InChI is InChI=1S/C18H26BrN3O/c19-15-4-1-13(2-5-15)12-22-9-7-17(8-10-22)21-18(23)14-3-6-16(20)11-14/h1-2,4-5,14,16-17H,3,6-12,20H2,(H,21,23). The normalized spacial score (nSPS) is 26.3. The van der Waals surface area contributed by atoms with Gasteiger partial charge in [-0.2, -0.15) is 0 Å². The van der Waals surface area contributed by atoms with Gasteiger partial charge in [-0.05, 0) is 49.8 Å². The maximum atomic E-state index is 12.3. The van der Waals surface area contributed by atoms with Gasteiger partial charge < -0.3 is 11.1 Å². The molecule has 0 bridgehead atoms. The summed E-state index contributed by atoms with van der Waals surface area (Å²) in [5, 5.41) is 3.25. The highest BCUT2D eigenvalue weighted by Gasteiger charge is 2.29. The van der Waals surface area contributed by atoms with Gasteiger partial charge >= 0.3 is 0 Å². The van der Waals surface area contributed by atoms with Gasteiger partial charge in [0.2, 0.25) is 5.91 Å². The monoisotopic (exact) mass is 379 g/mol. The molecule has 1 aromatic rings. The van der Waals surface area contributed by atoms with Gasteiger partial charge in [0.15, 0.2) is 0 Å². The number of likely N-dealkylation sites (tertiary alicyclic amines) is 1. The number of nitrogens with one attached hydrogen (secondary N) is 1. The van der Waals surface area contributed by atoms with Crippen LogP contribution >= 0.6 is 15.9 Å². The lowest BCUT2D eigenvalue weighted by Crippen LogP contribution is -2.46. The van der Waals surface area contributed by atoms with E-state index in [0.29, 0.717) is 6.04 Å². The topological polar surface area (TPSA) is 58.4 Å². The van der Waals surface area contributed by atoms with Crippen molar-refractivity contribution in [2.24, 2.45) is 11.7 Å². The van der Waals surface area contributed by atoms with E-state index in [1.165, 1.54) is 5.56 Å². The largest absolute Gasteiger partial charge is 0.353 e. The van der Waals surface area contributed by atoms with Crippen molar-refractivity contribution in [2.75, 3.05) is 13.1 Å². The van der Waals surface area contributed by atoms with Gasteiger partial charge in [0.1, 0.15) is 0 Å². The summed E-state index contributed by atoms with van der Waals surface area (Å²) in [6, 6.07) is 9.07. The van der Waals surface area contributed by atoms with E-state index in [1.807, 2.05) is 0 Å². The summed E-state index contributed by atoms with van der Waals surface area (Å²) in [6.45, 7) is 3.09. The minimum absolute atomic E-state index is 0.144. The number of nitrogens with two attached hydrogens (primary N) is 1. The second kappa shape index (κ2) is 7.77. The molecule has 1 saturated heterocycles. The van der Waals surface area contributed by atoms with Crippen LogP contribution < -0.4 is 11.1 Å². The lowest BCUT2D eigenvalue weighted by molar-refractivity contribution is -0.125. The predicted molar refractivity (Wildman–Crippen MR) is 95.9 cm³/mol. The average molecular weight is 380 g/mol. The minimum atomic E-state index is 0.144. The van der Waals surface area contributed by atoms with Crippen LogP contribution in [0.4, 0.5) is 0 Å². The van der Waals surface area contributed by atoms with Crippen LogP contribution in [0, 0.1) is 5.92 Å². The summed E-state index contributed by atoms with van der Waals surface area (Å²) in [5.74, 6) is 0.370. The van der Waals surface area contributed by atoms with Crippen molar-refractivity contribution in [3.05, 3.63) is 34.3 Å². The molecule has 5 heteroatoms. The van der Waals surface area contributed by atoms with Crippen LogP contribution in [0.1, 0.15) is 37.7 Å². The maximum Gasteiger partial charge on any atom is 0.223 e. The Morgan fingerprint density at radius 2 is 1.87 bits per heavy atom. The van der Waals surface area contributed by atoms with Crippen molar-refractivity contribution in [3.63, 3.8) is 0 Å². The Kier molecular flexibility index (Phi) is 5.72.